The van der Waals surface area contributed by atoms with Crippen LogP contribution < -0.4 is 10.2 Å². The molecule has 1 amide bonds. The number of amides is 1. The molecule has 1 saturated carbocycles. The molecule has 0 atom stereocenters. The first-order valence-electron chi connectivity index (χ1n) is 11.6. The zero-order valence-electron chi connectivity index (χ0n) is 19.9. The van der Waals surface area contributed by atoms with Gasteiger partial charge in [-0.1, -0.05) is 11.8 Å². The highest BCUT2D eigenvalue weighted by Gasteiger charge is 2.33. The van der Waals surface area contributed by atoms with E-state index in [-0.39, 0.29) is 16.3 Å². The number of aromatic carboxylic acids is 1. The van der Waals surface area contributed by atoms with E-state index in [1.165, 1.54) is 7.11 Å². The van der Waals surface area contributed by atoms with Gasteiger partial charge in [-0.25, -0.2) is 4.79 Å². The van der Waals surface area contributed by atoms with E-state index in [9.17, 15) is 19.3 Å². The quantitative estimate of drug-likeness (QED) is 0.321. The Morgan fingerprint density at radius 3 is 2.33 bits per heavy atom. The summed E-state index contributed by atoms with van der Waals surface area (Å²) in [4.78, 5) is 26.3. The first-order valence-corrected chi connectivity index (χ1v) is 14.4. The molecule has 0 unspecified atom stereocenters. The van der Waals surface area contributed by atoms with Gasteiger partial charge in [-0.15, -0.1) is 11.3 Å². The van der Waals surface area contributed by atoms with Crippen LogP contribution in [0.4, 0.5) is 5.69 Å². The van der Waals surface area contributed by atoms with Crippen LogP contribution >= 0.6 is 18.7 Å². The molecule has 2 fully saturated rings. The second-order valence-electron chi connectivity index (χ2n) is 10.0. The molecule has 0 spiro atoms. The van der Waals surface area contributed by atoms with Gasteiger partial charge >= 0.3 is 5.97 Å². The number of carbonyl (C=O) groups is 2. The maximum absolute atomic E-state index is 12.4. The molecule has 182 valence electrons. The van der Waals surface area contributed by atoms with Crippen LogP contribution in [0.2, 0.25) is 0 Å². The molecule has 9 heteroatoms. The molecular formula is C24H35N2O5PS. The van der Waals surface area contributed by atoms with Crippen molar-refractivity contribution in [1.29, 1.82) is 0 Å². The first kappa shape index (κ1) is 26.0. The lowest BCUT2D eigenvalue weighted by atomic mass is 9.89. The Kier molecular flexibility index (Phi) is 8.45. The van der Waals surface area contributed by atoms with E-state index < -0.39 is 13.3 Å². The number of carboxylic acids is 1. The van der Waals surface area contributed by atoms with Gasteiger partial charge in [0, 0.05) is 43.0 Å². The van der Waals surface area contributed by atoms with Crippen LogP contribution in [-0.2, 0) is 13.9 Å². The minimum Gasteiger partial charge on any atom is -0.477 e. The Morgan fingerprint density at radius 2 is 1.82 bits per heavy atom. The van der Waals surface area contributed by atoms with Crippen LogP contribution in [0.15, 0.2) is 6.07 Å². The van der Waals surface area contributed by atoms with Crippen LogP contribution in [0, 0.1) is 17.3 Å². The van der Waals surface area contributed by atoms with Gasteiger partial charge in [0.15, 0.2) is 0 Å². The Bertz CT molecular complexity index is 954. The summed E-state index contributed by atoms with van der Waals surface area (Å²) in [6.45, 7) is 6.00. The third-order valence-electron chi connectivity index (χ3n) is 6.39. The third kappa shape index (κ3) is 6.93. The average molecular weight is 495 g/mol. The molecule has 1 aliphatic heterocycles. The first-order chi connectivity index (χ1) is 15.5. The van der Waals surface area contributed by atoms with Crippen molar-refractivity contribution in [2.24, 2.45) is 5.41 Å². The van der Waals surface area contributed by atoms with Gasteiger partial charge in [0.05, 0.1) is 10.6 Å². The maximum Gasteiger partial charge on any atom is 0.348 e. The molecule has 3 rings (SSSR count). The van der Waals surface area contributed by atoms with E-state index in [1.807, 2.05) is 20.8 Å². The van der Waals surface area contributed by atoms with E-state index >= 15 is 0 Å². The number of carboxylic acid groups (broad SMARTS) is 1. The van der Waals surface area contributed by atoms with Crippen molar-refractivity contribution in [3.8, 4) is 11.8 Å². The Morgan fingerprint density at radius 1 is 1.21 bits per heavy atom. The molecular weight excluding hydrogens is 459 g/mol. The summed E-state index contributed by atoms with van der Waals surface area (Å²) in [7, 11) is -0.874. The van der Waals surface area contributed by atoms with Crippen molar-refractivity contribution >= 4 is 36.8 Å². The van der Waals surface area contributed by atoms with E-state index in [2.05, 4.69) is 17.2 Å². The summed E-state index contributed by atoms with van der Waals surface area (Å²) in [6, 6.07) is 2.42. The molecule has 2 N–H and O–H groups in total. The number of thiophene rings is 1. The number of nitrogens with zero attached hydrogens (tertiary/aromatic N) is 1. The number of hydrogen-bond acceptors (Lipinski definition) is 6. The summed E-state index contributed by atoms with van der Waals surface area (Å²) in [5.74, 6) is 5.17. The topological polar surface area (TPSA) is 95.9 Å². The number of hydrogen-bond donors (Lipinski definition) is 2. The molecule has 2 aliphatic rings. The monoisotopic (exact) mass is 494 g/mol. The fourth-order valence-corrected chi connectivity index (χ4v) is 7.39. The van der Waals surface area contributed by atoms with Crippen molar-refractivity contribution in [2.45, 2.75) is 77.4 Å². The van der Waals surface area contributed by atoms with Crippen molar-refractivity contribution in [3.63, 3.8) is 0 Å². The van der Waals surface area contributed by atoms with E-state index in [0.29, 0.717) is 35.0 Å². The van der Waals surface area contributed by atoms with Crippen LogP contribution in [0.25, 0.3) is 0 Å². The minimum absolute atomic E-state index is 0.0308. The number of carbonyl (C=O) groups excluding carboxylic acids is 1. The van der Waals surface area contributed by atoms with Crippen LogP contribution in [0.5, 0.6) is 0 Å². The highest BCUT2D eigenvalue weighted by Crippen LogP contribution is 2.50. The van der Waals surface area contributed by atoms with Gasteiger partial charge in [-0.05, 0) is 65.4 Å². The molecule has 1 aromatic rings. The predicted molar refractivity (Wildman–Crippen MR) is 133 cm³/mol. The van der Waals surface area contributed by atoms with Gasteiger partial charge in [-0.3, -0.25) is 9.36 Å². The third-order valence-corrected chi connectivity index (χ3v) is 9.96. The lowest BCUT2D eigenvalue weighted by Gasteiger charge is -2.37. The van der Waals surface area contributed by atoms with E-state index in [1.54, 1.807) is 11.0 Å². The van der Waals surface area contributed by atoms with Crippen molar-refractivity contribution in [3.05, 3.63) is 15.8 Å². The van der Waals surface area contributed by atoms with Gasteiger partial charge in [0.25, 0.3) is 0 Å². The van der Waals surface area contributed by atoms with Crippen LogP contribution in [0.3, 0.4) is 0 Å². The largest absolute Gasteiger partial charge is 0.477 e. The summed E-state index contributed by atoms with van der Waals surface area (Å²) < 4.78 is 17.6. The molecule has 1 aliphatic carbocycles. The molecule has 1 saturated heterocycles. The highest BCUT2D eigenvalue weighted by atomic mass is 32.1. The zero-order valence-corrected chi connectivity index (χ0v) is 21.6. The fourth-order valence-electron chi connectivity index (χ4n) is 4.54. The average Bonchev–Trinajstić information content (AvgIpc) is 3.20. The molecule has 0 radical (unpaired) electrons. The molecule has 7 nitrogen and oxygen atoms in total. The number of anilines is 1. The second-order valence-corrected chi connectivity index (χ2v) is 14.0. The Labute approximate surface area is 200 Å². The summed E-state index contributed by atoms with van der Waals surface area (Å²) in [5, 5.41) is 13.4. The molecule has 2 heterocycles. The van der Waals surface area contributed by atoms with Crippen LogP contribution in [-0.4, -0.2) is 55.0 Å². The van der Waals surface area contributed by atoms with E-state index in [4.69, 9.17) is 4.52 Å². The smallest absolute Gasteiger partial charge is 0.348 e. The van der Waals surface area contributed by atoms with Crippen molar-refractivity contribution < 1.29 is 23.8 Å². The molecule has 0 aromatic carbocycles. The SMILES string of the molecule is COP1(=O)CCC(NC2CCC(N(C=O)c3cc(C#CC(C)(C)C)sc3C(=O)O)CC2)CC1. The van der Waals surface area contributed by atoms with Gasteiger partial charge in [0.2, 0.25) is 13.8 Å². The molecule has 1 aromatic heterocycles. The van der Waals surface area contributed by atoms with Crippen LogP contribution in [0.1, 0.15) is 73.8 Å². The van der Waals surface area contributed by atoms with Gasteiger partial charge in [-0.2, -0.15) is 0 Å². The normalized spacial score (nSPS) is 27.9. The maximum atomic E-state index is 12.4. The molecule has 0 bridgehead atoms. The summed E-state index contributed by atoms with van der Waals surface area (Å²) in [6.07, 6.45) is 7.18. The lowest BCUT2D eigenvalue weighted by Crippen LogP contribution is -2.46. The minimum atomic E-state index is -2.41. The van der Waals surface area contributed by atoms with E-state index in [0.717, 1.165) is 56.3 Å². The Balaban J connectivity index is 1.64. The van der Waals surface area contributed by atoms with Crippen molar-refractivity contribution in [2.75, 3.05) is 24.3 Å². The highest BCUT2D eigenvalue weighted by molar-refractivity contribution is 7.59. The number of rotatable bonds is 7. The predicted octanol–water partition coefficient (Wildman–Crippen LogP) is 4.79. The van der Waals surface area contributed by atoms with Crippen molar-refractivity contribution in [1.82, 2.24) is 5.32 Å². The Hall–Kier alpha value is -1.65. The van der Waals surface area contributed by atoms with Gasteiger partial charge in [0.1, 0.15) is 4.88 Å². The summed E-state index contributed by atoms with van der Waals surface area (Å²) >= 11 is 1.12. The summed E-state index contributed by atoms with van der Waals surface area (Å²) in [5.41, 5.74) is 0.252. The molecule has 33 heavy (non-hydrogen) atoms. The second kappa shape index (κ2) is 10.7. The zero-order chi connectivity index (χ0) is 24.2. The lowest BCUT2D eigenvalue weighted by molar-refractivity contribution is -0.108. The van der Waals surface area contributed by atoms with Gasteiger partial charge < -0.3 is 19.8 Å². The standard InChI is InChI=1S/C24H35N2O5PS/c1-24(2,3)12-9-20-15-21(22(33-20)23(28)29)26(16-27)19-7-5-17(6-8-19)25-18-10-13-32(30,31-4)14-11-18/h15-19,25H,5-8,10-11,13-14H2,1-4H3,(H,28,29). The number of nitrogens with one attached hydrogen (secondary N) is 1. The fraction of sp³-hybridized carbons (Fsp3) is 0.667.